The number of para-hydroxylation sites is 1. The van der Waals surface area contributed by atoms with Crippen LogP contribution in [0.15, 0.2) is 36.5 Å². The van der Waals surface area contributed by atoms with Crippen LogP contribution < -0.4 is 0 Å². The van der Waals surface area contributed by atoms with E-state index in [4.69, 9.17) is 0 Å². The van der Waals surface area contributed by atoms with Crippen LogP contribution in [0.25, 0.3) is 10.9 Å². The van der Waals surface area contributed by atoms with E-state index in [1.165, 1.54) is 16.6 Å². The number of benzene rings is 1. The first-order chi connectivity index (χ1) is 13.8. The van der Waals surface area contributed by atoms with Crippen LogP contribution in [0, 0.1) is 0 Å². The number of carbonyl (C=O) groups excluding carboxylic acids is 1. The van der Waals surface area contributed by atoms with E-state index in [1.807, 2.05) is 15.8 Å². The summed E-state index contributed by atoms with van der Waals surface area (Å²) < 4.78 is 1.91. The summed E-state index contributed by atoms with van der Waals surface area (Å²) in [4.78, 5) is 20.4. The van der Waals surface area contributed by atoms with Gasteiger partial charge in [0.1, 0.15) is 0 Å². The van der Waals surface area contributed by atoms with Crippen molar-refractivity contribution in [1.82, 2.24) is 29.8 Å². The maximum atomic E-state index is 12.5. The first-order valence-electron chi connectivity index (χ1n) is 10.3. The molecule has 0 radical (unpaired) electrons. The highest BCUT2D eigenvalue weighted by Crippen LogP contribution is 2.24. The monoisotopic (exact) mass is 378 g/mol. The van der Waals surface area contributed by atoms with Gasteiger partial charge in [0.2, 0.25) is 0 Å². The van der Waals surface area contributed by atoms with E-state index in [0.29, 0.717) is 11.7 Å². The minimum absolute atomic E-state index is 0.0278. The molecule has 5 rings (SSSR count). The van der Waals surface area contributed by atoms with Crippen molar-refractivity contribution >= 4 is 16.8 Å². The lowest BCUT2D eigenvalue weighted by atomic mass is 10.1. The van der Waals surface area contributed by atoms with Crippen LogP contribution in [0.1, 0.15) is 47.9 Å². The molecule has 7 heteroatoms. The molecule has 4 heterocycles. The quantitative estimate of drug-likeness (QED) is 0.758. The average molecular weight is 378 g/mol. The van der Waals surface area contributed by atoms with E-state index in [1.54, 1.807) is 0 Å². The molecule has 146 valence electrons. The van der Waals surface area contributed by atoms with Crippen LogP contribution in [0.5, 0.6) is 0 Å². The highest BCUT2D eigenvalue weighted by atomic mass is 16.2. The molecule has 2 aliphatic rings. The fraction of sp³-hybridized carbons (Fsp3) is 0.476. The van der Waals surface area contributed by atoms with E-state index in [-0.39, 0.29) is 5.91 Å². The molecule has 3 aromatic rings. The number of nitrogens with zero attached hydrogens (tertiary/aromatic N) is 5. The Bertz CT molecular complexity index is 929. The van der Waals surface area contributed by atoms with Gasteiger partial charge in [-0.1, -0.05) is 23.4 Å². The average Bonchev–Trinajstić information content (AvgIpc) is 3.47. The minimum atomic E-state index is 0.0278. The van der Waals surface area contributed by atoms with Crippen molar-refractivity contribution in [2.75, 3.05) is 26.2 Å². The normalized spacial score (nSPS) is 18.9. The Hall–Kier alpha value is -2.67. The van der Waals surface area contributed by atoms with Gasteiger partial charge in [-0.15, -0.1) is 5.10 Å². The van der Waals surface area contributed by atoms with Crippen molar-refractivity contribution < 1.29 is 4.79 Å². The summed E-state index contributed by atoms with van der Waals surface area (Å²) in [6.45, 7) is 4.68. The van der Waals surface area contributed by atoms with Crippen LogP contribution in [0.2, 0.25) is 0 Å². The predicted molar refractivity (Wildman–Crippen MR) is 107 cm³/mol. The zero-order valence-corrected chi connectivity index (χ0v) is 16.0. The second-order valence-corrected chi connectivity index (χ2v) is 7.97. The summed E-state index contributed by atoms with van der Waals surface area (Å²) in [5.41, 5.74) is 2.95. The molecular weight excluding hydrogens is 352 g/mol. The van der Waals surface area contributed by atoms with Gasteiger partial charge in [-0.3, -0.25) is 9.69 Å². The fourth-order valence-corrected chi connectivity index (χ4v) is 4.44. The van der Waals surface area contributed by atoms with Gasteiger partial charge in [0.25, 0.3) is 5.91 Å². The first-order valence-corrected chi connectivity index (χ1v) is 10.3. The molecule has 0 atom stereocenters. The van der Waals surface area contributed by atoms with E-state index in [0.717, 1.165) is 58.4 Å². The van der Waals surface area contributed by atoms with Crippen LogP contribution >= 0.6 is 0 Å². The third kappa shape index (κ3) is 3.42. The number of likely N-dealkylation sites (tertiary alicyclic amines) is 2. The number of nitrogens with one attached hydrogen (secondary N) is 1. The molecule has 0 saturated carbocycles. The number of amides is 1. The maximum Gasteiger partial charge on any atom is 0.276 e. The molecule has 28 heavy (non-hydrogen) atoms. The molecule has 2 fully saturated rings. The topological polar surface area (TPSA) is 70.0 Å². The molecule has 2 aromatic heterocycles. The van der Waals surface area contributed by atoms with Crippen LogP contribution in [0.3, 0.4) is 0 Å². The van der Waals surface area contributed by atoms with Gasteiger partial charge in [0.05, 0.1) is 12.2 Å². The number of carbonyl (C=O) groups is 1. The summed E-state index contributed by atoms with van der Waals surface area (Å²) in [6.07, 6.45) is 6.09. The van der Waals surface area contributed by atoms with Crippen molar-refractivity contribution in [2.45, 2.75) is 38.3 Å². The Morgan fingerprint density at radius 3 is 2.68 bits per heavy atom. The zero-order chi connectivity index (χ0) is 18.9. The Balaban J connectivity index is 1.18. The van der Waals surface area contributed by atoms with Gasteiger partial charge in [0.15, 0.2) is 5.69 Å². The molecule has 1 amide bonds. The van der Waals surface area contributed by atoms with E-state index < -0.39 is 0 Å². The molecule has 0 aliphatic carbocycles. The number of H-pyrrole nitrogens is 1. The third-order valence-corrected chi connectivity index (χ3v) is 6.03. The van der Waals surface area contributed by atoms with Gasteiger partial charge in [-0.2, -0.15) is 0 Å². The molecule has 0 spiro atoms. The molecule has 7 nitrogen and oxygen atoms in total. The number of rotatable bonds is 4. The van der Waals surface area contributed by atoms with Gasteiger partial charge in [-0.05, 0) is 43.2 Å². The summed E-state index contributed by atoms with van der Waals surface area (Å²) in [5.74, 6) is 0.0278. The number of aromatic amines is 1. The molecule has 0 unspecified atom stereocenters. The molecular formula is C21H26N6O. The number of hydrogen-bond donors (Lipinski definition) is 1. The summed E-state index contributed by atoms with van der Waals surface area (Å²) in [5, 5.41) is 9.68. The number of hydrogen-bond acceptors (Lipinski definition) is 4. The van der Waals surface area contributed by atoms with E-state index in [9.17, 15) is 4.79 Å². The Morgan fingerprint density at radius 1 is 1.11 bits per heavy atom. The predicted octanol–water partition coefficient (Wildman–Crippen LogP) is 2.83. The largest absolute Gasteiger partial charge is 0.357 e. The molecule has 0 bridgehead atoms. The van der Waals surface area contributed by atoms with Crippen molar-refractivity contribution in [2.24, 2.45) is 0 Å². The van der Waals surface area contributed by atoms with E-state index in [2.05, 4.69) is 50.5 Å². The summed E-state index contributed by atoms with van der Waals surface area (Å²) in [6, 6.07) is 11.0. The summed E-state index contributed by atoms with van der Waals surface area (Å²) >= 11 is 0. The Morgan fingerprint density at radius 2 is 1.89 bits per heavy atom. The van der Waals surface area contributed by atoms with Crippen molar-refractivity contribution in [3.8, 4) is 0 Å². The smallest absolute Gasteiger partial charge is 0.276 e. The van der Waals surface area contributed by atoms with Crippen molar-refractivity contribution in [3.05, 3.63) is 47.9 Å². The Kier molecular flexibility index (Phi) is 4.60. The van der Waals surface area contributed by atoms with Gasteiger partial charge in [0, 0.05) is 43.9 Å². The molecule has 2 saturated heterocycles. The van der Waals surface area contributed by atoms with Gasteiger partial charge in [-0.25, -0.2) is 4.68 Å². The second kappa shape index (κ2) is 7.39. The van der Waals surface area contributed by atoms with Crippen LogP contribution in [-0.4, -0.2) is 61.9 Å². The molecule has 2 aliphatic heterocycles. The van der Waals surface area contributed by atoms with E-state index >= 15 is 0 Å². The standard InChI is InChI=1S/C21H26N6O/c28-21(26-9-3-4-10-26)20-15-27(24-23-20)18-7-11-25(12-8-18)14-17-13-16-5-1-2-6-19(16)22-17/h1-2,5-6,13,15,18,22H,3-4,7-12,14H2. The zero-order valence-electron chi connectivity index (χ0n) is 16.0. The highest BCUT2D eigenvalue weighted by Gasteiger charge is 2.25. The minimum Gasteiger partial charge on any atom is -0.357 e. The molecule has 1 aromatic carbocycles. The first kappa shape index (κ1) is 17.4. The second-order valence-electron chi connectivity index (χ2n) is 7.97. The number of fused-ring (bicyclic) bond motifs is 1. The highest BCUT2D eigenvalue weighted by molar-refractivity contribution is 5.92. The van der Waals surface area contributed by atoms with Gasteiger partial charge >= 0.3 is 0 Å². The maximum absolute atomic E-state index is 12.5. The lowest BCUT2D eigenvalue weighted by Gasteiger charge is -2.31. The lowest BCUT2D eigenvalue weighted by molar-refractivity contribution is 0.0787. The number of piperidine rings is 1. The summed E-state index contributed by atoms with van der Waals surface area (Å²) in [7, 11) is 0. The fourth-order valence-electron chi connectivity index (χ4n) is 4.44. The molecule has 1 N–H and O–H groups in total. The van der Waals surface area contributed by atoms with Crippen LogP contribution in [0.4, 0.5) is 0 Å². The SMILES string of the molecule is O=C(c1cn(C2CCN(Cc3cc4ccccc4[nH]3)CC2)nn1)N1CCCC1. The van der Waals surface area contributed by atoms with Crippen molar-refractivity contribution in [1.29, 1.82) is 0 Å². The van der Waals surface area contributed by atoms with Crippen LogP contribution in [-0.2, 0) is 6.54 Å². The van der Waals surface area contributed by atoms with Gasteiger partial charge < -0.3 is 9.88 Å². The third-order valence-electron chi connectivity index (χ3n) is 6.03. The Labute approximate surface area is 164 Å². The lowest BCUT2D eigenvalue weighted by Crippen LogP contribution is -2.34. The number of aromatic nitrogens is 4. The van der Waals surface area contributed by atoms with Crippen molar-refractivity contribution in [3.63, 3.8) is 0 Å².